The highest BCUT2D eigenvalue weighted by Crippen LogP contribution is 2.16. The average Bonchev–Trinajstić information content (AvgIpc) is 2.26. The third-order valence-corrected chi connectivity index (χ3v) is 3.21. The Morgan fingerprint density at radius 3 is 2.81 bits per heavy atom. The van der Waals surface area contributed by atoms with Crippen molar-refractivity contribution in [3.8, 4) is 0 Å². The van der Waals surface area contributed by atoms with Crippen LogP contribution in [0.25, 0.3) is 0 Å². The molecule has 94 valence electrons. The molecule has 4 heteroatoms. The third kappa shape index (κ3) is 4.00. The van der Waals surface area contributed by atoms with Crippen molar-refractivity contribution in [3.63, 3.8) is 0 Å². The van der Waals surface area contributed by atoms with Crippen LogP contribution in [0.4, 0.5) is 4.79 Å². The van der Waals surface area contributed by atoms with Crippen molar-refractivity contribution in [1.82, 2.24) is 10.2 Å². The number of nitrogens with zero attached hydrogens (tertiary/aromatic N) is 1. The van der Waals surface area contributed by atoms with Crippen molar-refractivity contribution < 1.29 is 4.79 Å². The fourth-order valence-electron chi connectivity index (χ4n) is 1.87. The fourth-order valence-corrected chi connectivity index (χ4v) is 1.87. The van der Waals surface area contributed by atoms with Gasteiger partial charge >= 0.3 is 6.03 Å². The standard InChI is InChI=1S/C12H25N3O/c1-10-5-4-6-15(7-10)11(16)14-9-12(2,3)8-13/h10H,4-9,13H2,1-3H3,(H,14,16). The minimum absolute atomic E-state index is 0.0168. The molecule has 3 N–H and O–H groups in total. The first-order valence-corrected chi connectivity index (χ1v) is 6.17. The van der Waals surface area contributed by atoms with Crippen molar-refractivity contribution >= 4 is 6.03 Å². The van der Waals surface area contributed by atoms with Gasteiger partial charge in [0.2, 0.25) is 0 Å². The number of amides is 2. The lowest BCUT2D eigenvalue weighted by atomic mass is 9.94. The molecule has 1 aliphatic heterocycles. The van der Waals surface area contributed by atoms with Crippen LogP contribution in [0.2, 0.25) is 0 Å². The number of hydrogen-bond acceptors (Lipinski definition) is 2. The number of carbonyl (C=O) groups is 1. The molecule has 0 aromatic heterocycles. The zero-order chi connectivity index (χ0) is 12.2. The summed E-state index contributed by atoms with van der Waals surface area (Å²) in [4.78, 5) is 13.8. The summed E-state index contributed by atoms with van der Waals surface area (Å²) in [6, 6.07) is 0.0630. The second kappa shape index (κ2) is 5.53. The molecular formula is C12H25N3O. The predicted octanol–water partition coefficient (Wildman–Crippen LogP) is 1.41. The highest BCUT2D eigenvalue weighted by atomic mass is 16.2. The lowest BCUT2D eigenvalue weighted by Crippen LogP contribution is -2.48. The van der Waals surface area contributed by atoms with Crippen molar-refractivity contribution in [2.75, 3.05) is 26.2 Å². The average molecular weight is 227 g/mol. The zero-order valence-electron chi connectivity index (χ0n) is 10.8. The first-order chi connectivity index (χ1) is 7.44. The van der Waals surface area contributed by atoms with Gasteiger partial charge in [0.1, 0.15) is 0 Å². The molecule has 0 aromatic carbocycles. The molecular weight excluding hydrogens is 202 g/mol. The van der Waals surface area contributed by atoms with Crippen LogP contribution in [0, 0.1) is 11.3 Å². The van der Waals surface area contributed by atoms with E-state index >= 15 is 0 Å². The molecule has 1 rings (SSSR count). The van der Waals surface area contributed by atoms with Gasteiger partial charge in [-0.05, 0) is 30.7 Å². The number of nitrogens with one attached hydrogen (secondary N) is 1. The Balaban J connectivity index is 2.34. The van der Waals surface area contributed by atoms with Gasteiger partial charge in [0, 0.05) is 19.6 Å². The van der Waals surface area contributed by atoms with Crippen LogP contribution in [0.3, 0.4) is 0 Å². The highest BCUT2D eigenvalue weighted by Gasteiger charge is 2.22. The minimum atomic E-state index is -0.0168. The number of urea groups is 1. The smallest absolute Gasteiger partial charge is 0.317 e. The first-order valence-electron chi connectivity index (χ1n) is 6.17. The molecule has 0 aliphatic carbocycles. The second-order valence-electron chi connectivity index (χ2n) is 5.72. The van der Waals surface area contributed by atoms with E-state index in [9.17, 15) is 4.79 Å². The quantitative estimate of drug-likeness (QED) is 0.766. The van der Waals surface area contributed by atoms with E-state index in [-0.39, 0.29) is 11.4 Å². The van der Waals surface area contributed by atoms with Crippen LogP contribution in [0.5, 0.6) is 0 Å². The number of hydrogen-bond donors (Lipinski definition) is 2. The molecule has 16 heavy (non-hydrogen) atoms. The number of piperidine rings is 1. The fraction of sp³-hybridized carbons (Fsp3) is 0.917. The summed E-state index contributed by atoms with van der Waals surface area (Å²) in [6.45, 7) is 9.33. The lowest BCUT2D eigenvalue weighted by Gasteiger charge is -2.32. The molecule has 1 aliphatic rings. The summed E-state index contributed by atoms with van der Waals surface area (Å²) in [5, 5.41) is 2.97. The van der Waals surface area contributed by atoms with Gasteiger partial charge in [-0.25, -0.2) is 4.79 Å². The van der Waals surface area contributed by atoms with Crippen LogP contribution in [-0.2, 0) is 0 Å². The summed E-state index contributed by atoms with van der Waals surface area (Å²) >= 11 is 0. The van der Waals surface area contributed by atoms with Gasteiger partial charge in [-0.3, -0.25) is 0 Å². The van der Waals surface area contributed by atoms with E-state index in [1.807, 2.05) is 4.90 Å². The van der Waals surface area contributed by atoms with Gasteiger partial charge in [0.25, 0.3) is 0 Å². The maximum absolute atomic E-state index is 11.9. The Kier molecular flexibility index (Phi) is 4.59. The summed E-state index contributed by atoms with van der Waals surface area (Å²) < 4.78 is 0. The Bertz CT molecular complexity index is 240. The number of rotatable bonds is 3. The van der Waals surface area contributed by atoms with Crippen LogP contribution in [-0.4, -0.2) is 37.1 Å². The highest BCUT2D eigenvalue weighted by molar-refractivity contribution is 5.74. The molecule has 4 nitrogen and oxygen atoms in total. The summed E-state index contributed by atoms with van der Waals surface area (Å²) in [5.41, 5.74) is 5.61. The monoisotopic (exact) mass is 227 g/mol. The molecule has 0 aromatic rings. The van der Waals surface area contributed by atoms with Gasteiger partial charge in [0.05, 0.1) is 0 Å². The van der Waals surface area contributed by atoms with E-state index in [2.05, 4.69) is 26.1 Å². The molecule has 0 saturated carbocycles. The van der Waals surface area contributed by atoms with Crippen LogP contribution in [0.15, 0.2) is 0 Å². The van der Waals surface area contributed by atoms with E-state index < -0.39 is 0 Å². The number of likely N-dealkylation sites (tertiary alicyclic amines) is 1. The number of nitrogens with two attached hydrogens (primary N) is 1. The van der Waals surface area contributed by atoms with E-state index in [1.54, 1.807) is 0 Å². The molecule has 1 unspecified atom stereocenters. The Labute approximate surface area is 98.6 Å². The zero-order valence-corrected chi connectivity index (χ0v) is 10.8. The van der Waals surface area contributed by atoms with E-state index in [0.29, 0.717) is 19.0 Å². The first kappa shape index (κ1) is 13.3. The van der Waals surface area contributed by atoms with Crippen molar-refractivity contribution in [2.45, 2.75) is 33.6 Å². The Morgan fingerprint density at radius 1 is 1.56 bits per heavy atom. The van der Waals surface area contributed by atoms with Gasteiger partial charge in [-0.1, -0.05) is 20.8 Å². The maximum Gasteiger partial charge on any atom is 0.317 e. The second-order valence-corrected chi connectivity index (χ2v) is 5.72. The van der Waals surface area contributed by atoms with E-state index in [4.69, 9.17) is 5.73 Å². The summed E-state index contributed by atoms with van der Waals surface area (Å²) in [7, 11) is 0. The molecule has 1 atom stereocenters. The van der Waals surface area contributed by atoms with E-state index in [1.165, 1.54) is 6.42 Å². The Hall–Kier alpha value is -0.770. The SMILES string of the molecule is CC1CCCN(C(=O)NCC(C)(C)CN)C1. The van der Waals surface area contributed by atoms with Crippen molar-refractivity contribution in [2.24, 2.45) is 17.1 Å². The predicted molar refractivity (Wildman–Crippen MR) is 66.2 cm³/mol. The minimum Gasteiger partial charge on any atom is -0.337 e. The van der Waals surface area contributed by atoms with E-state index in [0.717, 1.165) is 19.5 Å². The number of carbonyl (C=O) groups excluding carboxylic acids is 1. The van der Waals surface area contributed by atoms with Crippen LogP contribution in [0.1, 0.15) is 33.6 Å². The van der Waals surface area contributed by atoms with Crippen LogP contribution < -0.4 is 11.1 Å². The molecule has 1 heterocycles. The van der Waals surface area contributed by atoms with Gasteiger partial charge < -0.3 is 16.0 Å². The summed E-state index contributed by atoms with van der Waals surface area (Å²) in [6.07, 6.45) is 2.35. The normalized spacial score (nSPS) is 22.0. The van der Waals surface area contributed by atoms with Gasteiger partial charge in [-0.15, -0.1) is 0 Å². The molecule has 2 amide bonds. The van der Waals surface area contributed by atoms with Crippen molar-refractivity contribution in [3.05, 3.63) is 0 Å². The van der Waals surface area contributed by atoms with Gasteiger partial charge in [0.15, 0.2) is 0 Å². The largest absolute Gasteiger partial charge is 0.337 e. The molecule has 1 saturated heterocycles. The maximum atomic E-state index is 11.9. The van der Waals surface area contributed by atoms with Crippen LogP contribution >= 0.6 is 0 Å². The van der Waals surface area contributed by atoms with Gasteiger partial charge in [-0.2, -0.15) is 0 Å². The lowest BCUT2D eigenvalue weighted by molar-refractivity contribution is 0.165. The Morgan fingerprint density at radius 2 is 2.25 bits per heavy atom. The molecule has 1 fully saturated rings. The molecule has 0 bridgehead atoms. The molecule has 0 radical (unpaired) electrons. The van der Waals surface area contributed by atoms with Crippen molar-refractivity contribution in [1.29, 1.82) is 0 Å². The summed E-state index contributed by atoms with van der Waals surface area (Å²) in [5.74, 6) is 0.627. The third-order valence-electron chi connectivity index (χ3n) is 3.21. The topological polar surface area (TPSA) is 58.4 Å². The molecule has 0 spiro atoms.